The second-order valence-electron chi connectivity index (χ2n) is 5.07. The molecule has 0 aromatic carbocycles. The van der Waals surface area contributed by atoms with Crippen LogP contribution < -0.4 is 10.6 Å². The van der Waals surface area contributed by atoms with E-state index in [1.807, 2.05) is 20.8 Å². The van der Waals surface area contributed by atoms with Crippen molar-refractivity contribution in [3.63, 3.8) is 0 Å². The van der Waals surface area contributed by atoms with Gasteiger partial charge in [0.25, 0.3) is 0 Å². The van der Waals surface area contributed by atoms with Gasteiger partial charge in [0.15, 0.2) is 0 Å². The summed E-state index contributed by atoms with van der Waals surface area (Å²) in [6.45, 7) is 6.67. The monoisotopic (exact) mass is 269 g/mol. The number of nitrogens with one attached hydrogen (secondary N) is 2. The van der Waals surface area contributed by atoms with Crippen molar-refractivity contribution in [1.82, 2.24) is 15.5 Å². The third kappa shape index (κ3) is 4.63. The van der Waals surface area contributed by atoms with Crippen molar-refractivity contribution in [3.05, 3.63) is 0 Å². The lowest BCUT2D eigenvalue weighted by Gasteiger charge is -2.33. The fourth-order valence-electron chi connectivity index (χ4n) is 2.11. The van der Waals surface area contributed by atoms with Crippen molar-refractivity contribution in [1.29, 1.82) is 0 Å². The number of rotatable bonds is 6. The van der Waals surface area contributed by atoms with E-state index in [0.717, 1.165) is 6.54 Å². The number of carbonyl (C=O) groups is 3. The predicted octanol–water partition coefficient (Wildman–Crippen LogP) is 0.0282. The predicted molar refractivity (Wildman–Crippen MR) is 71.3 cm³/mol. The fraction of sp³-hybridized carbons (Fsp3) is 0.769. The van der Waals surface area contributed by atoms with Crippen molar-refractivity contribution in [2.24, 2.45) is 0 Å². The minimum absolute atomic E-state index is 0.0132. The second kappa shape index (κ2) is 7.23. The molecule has 0 aromatic rings. The van der Waals surface area contributed by atoms with E-state index in [4.69, 9.17) is 0 Å². The first-order chi connectivity index (χ1) is 8.95. The Bertz CT molecular complexity index is 355. The molecule has 1 rings (SSSR count). The lowest BCUT2D eigenvalue weighted by Crippen LogP contribution is -2.59. The minimum atomic E-state index is -0.511. The molecule has 6 nitrogen and oxygen atoms in total. The van der Waals surface area contributed by atoms with Gasteiger partial charge in [0.2, 0.25) is 17.7 Å². The summed E-state index contributed by atoms with van der Waals surface area (Å²) in [7, 11) is 0. The van der Waals surface area contributed by atoms with Gasteiger partial charge in [-0.2, -0.15) is 0 Å². The van der Waals surface area contributed by atoms with Crippen LogP contribution in [0.1, 0.15) is 40.0 Å². The highest BCUT2D eigenvalue weighted by Gasteiger charge is 2.34. The van der Waals surface area contributed by atoms with Crippen LogP contribution in [-0.2, 0) is 14.4 Å². The first-order valence-corrected chi connectivity index (χ1v) is 6.82. The molecule has 0 radical (unpaired) electrons. The van der Waals surface area contributed by atoms with E-state index in [-0.39, 0.29) is 18.4 Å². The van der Waals surface area contributed by atoms with Crippen LogP contribution in [-0.4, -0.2) is 47.8 Å². The smallest absolute Gasteiger partial charge is 0.249 e. The van der Waals surface area contributed by atoms with E-state index in [9.17, 15) is 14.4 Å². The summed E-state index contributed by atoms with van der Waals surface area (Å²) in [6, 6.07) is -0.121. The molecule has 3 amide bonds. The van der Waals surface area contributed by atoms with E-state index in [2.05, 4.69) is 10.6 Å². The minimum Gasteiger partial charge on any atom is -0.321 e. The van der Waals surface area contributed by atoms with Gasteiger partial charge in [-0.25, -0.2) is 0 Å². The van der Waals surface area contributed by atoms with E-state index in [0.29, 0.717) is 25.3 Å². The standard InChI is InChI=1S/C13H23N3O3/c1-4-10-13(19)15-11(17)8-16(10)12(18)6-5-7-14-9(2)3/h9-10,14H,4-8H2,1-3H3,(H,15,17,19). The lowest BCUT2D eigenvalue weighted by atomic mass is 10.1. The SMILES string of the molecule is CCC1C(=O)NC(=O)CN1C(=O)CCCNC(C)C. The van der Waals surface area contributed by atoms with Gasteiger partial charge in [-0.15, -0.1) is 0 Å². The molecular weight excluding hydrogens is 246 g/mol. The van der Waals surface area contributed by atoms with Crippen LogP contribution in [0.3, 0.4) is 0 Å². The number of hydrogen-bond donors (Lipinski definition) is 2. The van der Waals surface area contributed by atoms with Crippen molar-refractivity contribution >= 4 is 17.7 Å². The van der Waals surface area contributed by atoms with Crippen LogP contribution in [0.2, 0.25) is 0 Å². The third-order valence-electron chi connectivity index (χ3n) is 3.08. The maximum Gasteiger partial charge on any atom is 0.249 e. The molecule has 108 valence electrons. The van der Waals surface area contributed by atoms with Crippen molar-refractivity contribution in [3.8, 4) is 0 Å². The summed E-state index contributed by atoms with van der Waals surface area (Å²) in [5, 5.41) is 5.49. The van der Waals surface area contributed by atoms with Crippen LogP contribution in [0.15, 0.2) is 0 Å². The van der Waals surface area contributed by atoms with Crippen LogP contribution in [0.25, 0.3) is 0 Å². The average molecular weight is 269 g/mol. The zero-order valence-electron chi connectivity index (χ0n) is 11.9. The van der Waals surface area contributed by atoms with E-state index in [1.165, 1.54) is 4.90 Å². The fourth-order valence-corrected chi connectivity index (χ4v) is 2.11. The first-order valence-electron chi connectivity index (χ1n) is 6.82. The maximum atomic E-state index is 12.1. The number of hydrogen-bond acceptors (Lipinski definition) is 4. The molecular formula is C13H23N3O3. The van der Waals surface area contributed by atoms with Gasteiger partial charge in [-0.1, -0.05) is 20.8 Å². The summed E-state index contributed by atoms with van der Waals surface area (Å²) in [5.41, 5.74) is 0. The molecule has 1 aliphatic rings. The summed E-state index contributed by atoms with van der Waals surface area (Å²) in [4.78, 5) is 36.4. The van der Waals surface area contributed by atoms with Crippen molar-refractivity contribution in [2.45, 2.75) is 52.1 Å². The van der Waals surface area contributed by atoms with Gasteiger partial charge in [-0.3, -0.25) is 19.7 Å². The van der Waals surface area contributed by atoms with Crippen LogP contribution in [0, 0.1) is 0 Å². The molecule has 1 atom stereocenters. The average Bonchev–Trinajstić information content (AvgIpc) is 2.33. The molecule has 19 heavy (non-hydrogen) atoms. The van der Waals surface area contributed by atoms with Gasteiger partial charge >= 0.3 is 0 Å². The zero-order chi connectivity index (χ0) is 14.4. The Balaban J connectivity index is 2.48. The number of piperazine rings is 1. The molecule has 1 heterocycles. The summed E-state index contributed by atoms with van der Waals surface area (Å²) in [5.74, 6) is -0.892. The van der Waals surface area contributed by atoms with Gasteiger partial charge in [0.1, 0.15) is 12.6 Å². The van der Waals surface area contributed by atoms with Crippen LogP contribution in [0.5, 0.6) is 0 Å². The molecule has 1 unspecified atom stereocenters. The number of carbonyl (C=O) groups excluding carboxylic acids is 3. The van der Waals surface area contributed by atoms with Gasteiger partial charge in [-0.05, 0) is 19.4 Å². The summed E-state index contributed by atoms with van der Waals surface area (Å²) < 4.78 is 0. The van der Waals surface area contributed by atoms with Crippen LogP contribution in [0.4, 0.5) is 0 Å². The van der Waals surface area contributed by atoms with Gasteiger partial charge < -0.3 is 10.2 Å². The number of amides is 3. The quantitative estimate of drug-likeness (QED) is 0.527. The number of nitrogens with zero attached hydrogens (tertiary/aromatic N) is 1. The lowest BCUT2D eigenvalue weighted by molar-refractivity contribution is -0.150. The summed E-state index contributed by atoms with van der Waals surface area (Å²) in [6.07, 6.45) is 1.59. The molecule has 6 heteroatoms. The molecule has 0 saturated carbocycles. The van der Waals surface area contributed by atoms with Gasteiger partial charge in [0, 0.05) is 12.5 Å². The molecule has 0 aliphatic carbocycles. The Morgan fingerprint density at radius 2 is 2.16 bits per heavy atom. The Morgan fingerprint density at radius 1 is 1.47 bits per heavy atom. The Morgan fingerprint density at radius 3 is 2.74 bits per heavy atom. The highest BCUT2D eigenvalue weighted by molar-refractivity contribution is 6.04. The molecule has 1 saturated heterocycles. The van der Waals surface area contributed by atoms with Crippen LogP contribution >= 0.6 is 0 Å². The van der Waals surface area contributed by atoms with E-state index in [1.54, 1.807) is 0 Å². The molecule has 0 aromatic heterocycles. The largest absolute Gasteiger partial charge is 0.321 e. The maximum absolute atomic E-state index is 12.1. The van der Waals surface area contributed by atoms with Crippen molar-refractivity contribution in [2.75, 3.05) is 13.1 Å². The zero-order valence-corrected chi connectivity index (χ0v) is 11.9. The topological polar surface area (TPSA) is 78.5 Å². The Hall–Kier alpha value is -1.43. The molecule has 2 N–H and O–H groups in total. The van der Waals surface area contributed by atoms with Gasteiger partial charge in [0.05, 0.1) is 0 Å². The Labute approximate surface area is 113 Å². The molecule has 1 aliphatic heterocycles. The van der Waals surface area contributed by atoms with E-state index >= 15 is 0 Å². The third-order valence-corrected chi connectivity index (χ3v) is 3.08. The molecule has 0 spiro atoms. The molecule has 1 fully saturated rings. The normalized spacial score (nSPS) is 19.8. The second-order valence-corrected chi connectivity index (χ2v) is 5.07. The van der Waals surface area contributed by atoms with E-state index < -0.39 is 11.9 Å². The summed E-state index contributed by atoms with van der Waals surface area (Å²) >= 11 is 0. The first kappa shape index (κ1) is 15.6. The van der Waals surface area contributed by atoms with Crippen molar-refractivity contribution < 1.29 is 14.4 Å². The number of imide groups is 1. The molecule has 0 bridgehead atoms. The Kier molecular flexibility index (Phi) is 5.95. The highest BCUT2D eigenvalue weighted by atomic mass is 16.2. The highest BCUT2D eigenvalue weighted by Crippen LogP contribution is 2.11.